The van der Waals surface area contributed by atoms with Crippen molar-refractivity contribution in [3.05, 3.63) is 107 Å². The van der Waals surface area contributed by atoms with E-state index in [1.165, 1.54) is 6.08 Å². The smallest absolute Gasteiger partial charge is 0.262 e. The summed E-state index contributed by atoms with van der Waals surface area (Å²) in [6, 6.07) is 23.8. The zero-order chi connectivity index (χ0) is 25.3. The second kappa shape index (κ2) is 11.9. The van der Waals surface area contributed by atoms with Gasteiger partial charge in [0.1, 0.15) is 23.9 Å². The van der Waals surface area contributed by atoms with Gasteiger partial charge in [-0.25, -0.2) is 0 Å². The highest BCUT2D eigenvalue weighted by Gasteiger charge is 2.24. The van der Waals surface area contributed by atoms with E-state index >= 15 is 0 Å². The van der Waals surface area contributed by atoms with Gasteiger partial charge in [0.25, 0.3) is 5.91 Å². The summed E-state index contributed by atoms with van der Waals surface area (Å²) in [6.45, 7) is 0.117. The standard InChI is InChI=1S/C28H23NO6S/c1-33-21-11-13-24(14-12-21)36-26-16-20(30)15-25(28(26)32)29-27(31)18-35-23-9-7-22(8-10-23)34-17-19-5-3-2-4-6-19/h2-16H,17-18H2,1H3,(H,29,31). The molecule has 0 spiro atoms. The second-order valence-corrected chi connectivity index (χ2v) is 8.77. The van der Waals surface area contributed by atoms with Crippen LogP contribution in [-0.2, 0) is 21.0 Å². The van der Waals surface area contributed by atoms with E-state index in [4.69, 9.17) is 14.2 Å². The first-order chi connectivity index (χ1) is 17.5. The summed E-state index contributed by atoms with van der Waals surface area (Å²) >= 11 is 1.14. The van der Waals surface area contributed by atoms with Crippen LogP contribution in [0.15, 0.2) is 107 Å². The number of carbonyl (C=O) groups is 3. The zero-order valence-electron chi connectivity index (χ0n) is 19.4. The first-order valence-corrected chi connectivity index (χ1v) is 11.9. The van der Waals surface area contributed by atoms with E-state index in [2.05, 4.69) is 5.32 Å². The van der Waals surface area contributed by atoms with Gasteiger partial charge in [0.05, 0.1) is 17.7 Å². The van der Waals surface area contributed by atoms with E-state index in [1.54, 1.807) is 55.6 Å². The summed E-state index contributed by atoms with van der Waals surface area (Å²) in [7, 11) is 1.56. The molecule has 0 aromatic heterocycles. The lowest BCUT2D eigenvalue weighted by Gasteiger charge is -2.15. The Labute approximate surface area is 212 Å². The average molecular weight is 502 g/mol. The molecule has 1 amide bonds. The average Bonchev–Trinajstić information content (AvgIpc) is 2.90. The molecule has 182 valence electrons. The maximum absolute atomic E-state index is 12.8. The fourth-order valence-electron chi connectivity index (χ4n) is 3.22. The quantitative estimate of drug-likeness (QED) is 0.410. The van der Waals surface area contributed by atoms with Gasteiger partial charge in [-0.05, 0) is 54.1 Å². The topological polar surface area (TPSA) is 90.9 Å². The molecule has 0 heterocycles. The van der Waals surface area contributed by atoms with Crippen molar-refractivity contribution in [3.63, 3.8) is 0 Å². The number of carbonyl (C=O) groups excluding carboxylic acids is 3. The lowest BCUT2D eigenvalue weighted by Crippen LogP contribution is -2.33. The second-order valence-electron chi connectivity index (χ2n) is 7.66. The number of ketones is 2. The van der Waals surface area contributed by atoms with Gasteiger partial charge < -0.3 is 19.5 Å². The van der Waals surface area contributed by atoms with Gasteiger partial charge in [-0.2, -0.15) is 0 Å². The number of Topliss-reactive ketones (excluding diaryl/α,β-unsaturated/α-hetero) is 1. The fourth-order valence-corrected chi connectivity index (χ4v) is 4.13. The number of rotatable bonds is 10. The number of amides is 1. The highest BCUT2D eigenvalue weighted by molar-refractivity contribution is 8.04. The molecule has 7 nitrogen and oxygen atoms in total. The van der Waals surface area contributed by atoms with Gasteiger partial charge in [-0.3, -0.25) is 14.4 Å². The molecule has 0 fully saturated rings. The molecule has 36 heavy (non-hydrogen) atoms. The zero-order valence-corrected chi connectivity index (χ0v) is 20.2. The Kier molecular flexibility index (Phi) is 8.20. The molecule has 0 saturated carbocycles. The van der Waals surface area contributed by atoms with Crippen molar-refractivity contribution in [1.82, 2.24) is 5.32 Å². The highest BCUT2D eigenvalue weighted by atomic mass is 32.2. The van der Waals surface area contributed by atoms with Crippen LogP contribution in [0.5, 0.6) is 17.2 Å². The summed E-state index contributed by atoms with van der Waals surface area (Å²) < 4.78 is 16.4. The van der Waals surface area contributed by atoms with E-state index < -0.39 is 11.7 Å². The fraction of sp³-hybridized carbons (Fsp3) is 0.107. The van der Waals surface area contributed by atoms with Gasteiger partial charge in [0.2, 0.25) is 5.78 Å². The maximum Gasteiger partial charge on any atom is 0.262 e. The van der Waals surface area contributed by atoms with Crippen molar-refractivity contribution in [3.8, 4) is 17.2 Å². The van der Waals surface area contributed by atoms with Gasteiger partial charge >= 0.3 is 0 Å². The van der Waals surface area contributed by atoms with E-state index in [0.717, 1.165) is 28.3 Å². The predicted octanol–water partition coefficient (Wildman–Crippen LogP) is 4.48. The highest BCUT2D eigenvalue weighted by Crippen LogP contribution is 2.31. The largest absolute Gasteiger partial charge is 0.497 e. The van der Waals surface area contributed by atoms with Crippen LogP contribution >= 0.6 is 11.8 Å². The number of ether oxygens (including phenoxy) is 3. The molecule has 0 unspecified atom stereocenters. The molecule has 4 rings (SSSR count). The molecule has 3 aromatic rings. The molecule has 0 atom stereocenters. The molecule has 1 N–H and O–H groups in total. The minimum atomic E-state index is -0.553. The van der Waals surface area contributed by atoms with Gasteiger partial charge in [0.15, 0.2) is 12.4 Å². The molecular weight excluding hydrogens is 478 g/mol. The van der Waals surface area contributed by atoms with Crippen molar-refractivity contribution < 1.29 is 28.6 Å². The Morgan fingerprint density at radius 3 is 2.11 bits per heavy atom. The van der Waals surface area contributed by atoms with Crippen LogP contribution in [0.2, 0.25) is 0 Å². The van der Waals surface area contributed by atoms with Crippen LogP contribution in [0.4, 0.5) is 0 Å². The third kappa shape index (κ3) is 6.86. The predicted molar refractivity (Wildman–Crippen MR) is 136 cm³/mol. The number of hydrogen-bond donors (Lipinski definition) is 1. The Bertz CT molecular complexity index is 1300. The van der Waals surface area contributed by atoms with E-state index in [9.17, 15) is 14.4 Å². The number of hydrogen-bond acceptors (Lipinski definition) is 7. The van der Waals surface area contributed by atoms with Gasteiger partial charge in [0, 0.05) is 17.0 Å². The Hall–Kier alpha value is -4.30. The van der Waals surface area contributed by atoms with Crippen molar-refractivity contribution in [1.29, 1.82) is 0 Å². The van der Waals surface area contributed by atoms with Crippen LogP contribution < -0.4 is 19.5 Å². The summed E-state index contributed by atoms with van der Waals surface area (Å²) in [5.74, 6) is 0.439. The number of thioether (sulfide) groups is 1. The lowest BCUT2D eigenvalue weighted by molar-refractivity contribution is -0.124. The Morgan fingerprint density at radius 2 is 1.44 bits per heavy atom. The number of methoxy groups -OCH3 is 1. The normalized spacial score (nSPS) is 12.9. The third-order valence-electron chi connectivity index (χ3n) is 5.03. The molecule has 3 aromatic carbocycles. The maximum atomic E-state index is 12.8. The van der Waals surface area contributed by atoms with Crippen molar-refractivity contribution in [2.45, 2.75) is 11.5 Å². The minimum absolute atomic E-state index is 0.0863. The van der Waals surface area contributed by atoms with E-state index in [0.29, 0.717) is 23.9 Å². The van der Waals surface area contributed by atoms with Crippen molar-refractivity contribution >= 4 is 29.2 Å². The summed E-state index contributed by atoms with van der Waals surface area (Å²) in [5, 5.41) is 2.48. The van der Waals surface area contributed by atoms with Crippen LogP contribution in [-0.4, -0.2) is 31.2 Å². The van der Waals surface area contributed by atoms with E-state index in [-0.39, 0.29) is 23.0 Å². The molecular formula is C28H23NO6S. The molecule has 8 heteroatoms. The van der Waals surface area contributed by atoms with Crippen LogP contribution in [0.1, 0.15) is 5.56 Å². The van der Waals surface area contributed by atoms with Crippen molar-refractivity contribution in [2.24, 2.45) is 0 Å². The summed E-state index contributed by atoms with van der Waals surface area (Å²) in [5.41, 5.74) is 0.969. The molecule has 0 aliphatic heterocycles. The molecule has 0 bridgehead atoms. The van der Waals surface area contributed by atoms with Gasteiger partial charge in [-0.1, -0.05) is 42.1 Å². The van der Waals surface area contributed by atoms with Crippen LogP contribution in [0.3, 0.4) is 0 Å². The first-order valence-electron chi connectivity index (χ1n) is 11.0. The summed E-state index contributed by atoms with van der Waals surface area (Å²) in [6.07, 6.45) is 2.36. The minimum Gasteiger partial charge on any atom is -0.497 e. The summed E-state index contributed by atoms with van der Waals surface area (Å²) in [4.78, 5) is 38.3. The Balaban J connectivity index is 1.27. The molecule has 1 aliphatic carbocycles. The third-order valence-corrected chi connectivity index (χ3v) is 6.06. The van der Waals surface area contributed by atoms with E-state index in [1.807, 2.05) is 30.3 Å². The van der Waals surface area contributed by atoms with Crippen LogP contribution in [0, 0.1) is 0 Å². The monoisotopic (exact) mass is 501 g/mol. The Morgan fingerprint density at radius 1 is 0.806 bits per heavy atom. The number of allylic oxidation sites excluding steroid dienone is 3. The van der Waals surface area contributed by atoms with Crippen LogP contribution in [0.25, 0.3) is 0 Å². The number of nitrogens with one attached hydrogen (secondary N) is 1. The van der Waals surface area contributed by atoms with Gasteiger partial charge in [-0.15, -0.1) is 0 Å². The molecule has 1 aliphatic rings. The molecule has 0 radical (unpaired) electrons. The number of benzene rings is 3. The first kappa shape index (κ1) is 24.8. The molecule has 0 saturated heterocycles. The SMILES string of the molecule is COc1ccc(SC2=CC(=O)C=C(NC(=O)COc3ccc(OCc4ccccc4)cc3)C2=O)cc1. The van der Waals surface area contributed by atoms with Crippen molar-refractivity contribution in [2.75, 3.05) is 13.7 Å². The lowest BCUT2D eigenvalue weighted by atomic mass is 10.1.